The van der Waals surface area contributed by atoms with Crippen molar-refractivity contribution < 1.29 is 9.59 Å². The summed E-state index contributed by atoms with van der Waals surface area (Å²) < 4.78 is 0. The van der Waals surface area contributed by atoms with Crippen molar-refractivity contribution in [1.29, 1.82) is 0 Å². The van der Waals surface area contributed by atoms with Gasteiger partial charge in [0.05, 0.1) is 0 Å². The largest absolute Gasteiger partial charge is 0.329 e. The fourth-order valence-electron chi connectivity index (χ4n) is 5.81. The van der Waals surface area contributed by atoms with Crippen LogP contribution in [0.3, 0.4) is 0 Å². The Morgan fingerprint density at radius 2 is 1.67 bits per heavy atom. The summed E-state index contributed by atoms with van der Waals surface area (Å²) in [4.78, 5) is 42.3. The minimum Gasteiger partial charge on any atom is -0.329 e. The van der Waals surface area contributed by atoms with Crippen molar-refractivity contribution in [3.8, 4) is 0 Å². The first kappa shape index (κ1) is 34.3. The van der Waals surface area contributed by atoms with E-state index in [1.165, 1.54) is 18.4 Å². The molecule has 0 aliphatic carbocycles. The number of piperidine rings is 1. The molecule has 1 aliphatic rings. The fraction of sp³-hybridized carbons (Fsp3) is 0.316. The van der Waals surface area contributed by atoms with Crippen LogP contribution in [0.2, 0.25) is 0 Å². The summed E-state index contributed by atoms with van der Waals surface area (Å²) >= 11 is 0. The van der Waals surface area contributed by atoms with Gasteiger partial charge in [-0.25, -0.2) is 4.98 Å². The molecule has 1 aromatic heterocycles. The topological polar surface area (TPSA) is 96.9 Å². The standard InChI is InChI=1S/C38H46N8O2/c1-43(2)22-9-14-36(48)40-33-10-8-13-35(26-33)45(4)37-31(21-25-46(28-47)34-11-6-5-7-12-34)27-39-38(42-37)41-32-17-15-29(16-18-32)30-19-23-44(3)24-20-30/h5-18,26-28,30H,19-25H2,1-4H3,(H,40,48)(H,39,41,42)/b14-9+. The van der Waals surface area contributed by atoms with Crippen LogP contribution < -0.4 is 20.4 Å². The third kappa shape index (κ3) is 9.49. The molecule has 0 saturated carbocycles. The average molecular weight is 647 g/mol. The van der Waals surface area contributed by atoms with Crippen molar-refractivity contribution in [1.82, 2.24) is 19.8 Å². The van der Waals surface area contributed by atoms with Gasteiger partial charge in [0, 0.05) is 60.7 Å². The summed E-state index contributed by atoms with van der Waals surface area (Å²) in [6.45, 7) is 3.38. The third-order valence-corrected chi connectivity index (χ3v) is 8.59. The molecule has 1 saturated heterocycles. The molecule has 0 atom stereocenters. The number of para-hydroxylation sites is 1. The second kappa shape index (κ2) is 16.7. The van der Waals surface area contributed by atoms with Crippen LogP contribution in [0.5, 0.6) is 0 Å². The number of anilines is 6. The summed E-state index contributed by atoms with van der Waals surface area (Å²) in [5.41, 5.74) is 5.50. The number of carbonyl (C=O) groups excluding carboxylic acids is 2. The zero-order chi connectivity index (χ0) is 33.9. The molecule has 4 aromatic rings. The maximum absolute atomic E-state index is 12.5. The molecule has 48 heavy (non-hydrogen) atoms. The summed E-state index contributed by atoms with van der Waals surface area (Å²) in [5, 5.41) is 6.34. The number of hydrogen-bond acceptors (Lipinski definition) is 8. The number of rotatable bonds is 14. The third-order valence-electron chi connectivity index (χ3n) is 8.59. The smallest absolute Gasteiger partial charge is 0.248 e. The van der Waals surface area contributed by atoms with Crippen LogP contribution in [0, 0.1) is 0 Å². The van der Waals surface area contributed by atoms with Crippen LogP contribution in [-0.2, 0) is 16.0 Å². The molecule has 0 unspecified atom stereocenters. The van der Waals surface area contributed by atoms with E-state index >= 15 is 0 Å². The monoisotopic (exact) mass is 646 g/mol. The lowest BCUT2D eigenvalue weighted by atomic mass is 9.89. The Balaban J connectivity index is 1.37. The van der Waals surface area contributed by atoms with E-state index < -0.39 is 0 Å². The zero-order valence-electron chi connectivity index (χ0n) is 28.3. The Morgan fingerprint density at radius 3 is 2.38 bits per heavy atom. The summed E-state index contributed by atoms with van der Waals surface area (Å²) in [7, 11) is 8.03. The van der Waals surface area contributed by atoms with Gasteiger partial charge in [0.15, 0.2) is 0 Å². The molecule has 3 aromatic carbocycles. The van der Waals surface area contributed by atoms with Gasteiger partial charge in [0.1, 0.15) is 5.82 Å². The first-order valence-corrected chi connectivity index (χ1v) is 16.4. The lowest BCUT2D eigenvalue weighted by Gasteiger charge is -2.29. The van der Waals surface area contributed by atoms with Crippen LogP contribution in [0.4, 0.5) is 34.5 Å². The molecule has 10 heteroatoms. The van der Waals surface area contributed by atoms with Crippen LogP contribution >= 0.6 is 0 Å². The molecule has 2 heterocycles. The van der Waals surface area contributed by atoms with Gasteiger partial charge < -0.3 is 30.2 Å². The van der Waals surface area contributed by atoms with Crippen molar-refractivity contribution in [2.24, 2.45) is 0 Å². The lowest BCUT2D eigenvalue weighted by molar-refractivity contribution is -0.112. The van der Waals surface area contributed by atoms with E-state index in [9.17, 15) is 9.59 Å². The number of amides is 2. The second-order valence-electron chi connectivity index (χ2n) is 12.5. The number of nitrogens with one attached hydrogen (secondary N) is 2. The predicted octanol–water partition coefficient (Wildman–Crippen LogP) is 6.06. The number of carbonyl (C=O) groups is 2. The highest BCUT2D eigenvalue weighted by atomic mass is 16.1. The van der Waals surface area contributed by atoms with Gasteiger partial charge in [-0.05, 0) is 107 Å². The fourth-order valence-corrected chi connectivity index (χ4v) is 5.81. The molecule has 250 valence electrons. The molecule has 1 aliphatic heterocycles. The molecule has 0 radical (unpaired) electrons. The lowest BCUT2D eigenvalue weighted by Crippen LogP contribution is -2.29. The Labute approximate surface area is 284 Å². The number of hydrogen-bond donors (Lipinski definition) is 2. The molecule has 0 bridgehead atoms. The molecule has 5 rings (SSSR count). The van der Waals surface area contributed by atoms with Crippen molar-refractivity contribution in [2.75, 3.05) is 74.8 Å². The van der Waals surface area contributed by atoms with Crippen molar-refractivity contribution in [3.63, 3.8) is 0 Å². The molecular formula is C38H46N8O2. The zero-order valence-corrected chi connectivity index (χ0v) is 28.3. The van der Waals surface area contributed by atoms with Crippen LogP contribution in [0.15, 0.2) is 97.2 Å². The van der Waals surface area contributed by atoms with Crippen molar-refractivity contribution in [2.45, 2.75) is 25.2 Å². The number of likely N-dealkylation sites (N-methyl/N-ethyl adjacent to an activating group) is 1. The van der Waals surface area contributed by atoms with E-state index in [2.05, 4.69) is 51.8 Å². The highest BCUT2D eigenvalue weighted by Gasteiger charge is 2.19. The Bertz CT molecular complexity index is 1670. The first-order chi connectivity index (χ1) is 23.3. The summed E-state index contributed by atoms with van der Waals surface area (Å²) in [5.74, 6) is 1.56. The van der Waals surface area contributed by atoms with Crippen molar-refractivity contribution >= 4 is 46.8 Å². The normalized spacial score (nSPS) is 13.9. The minimum atomic E-state index is -0.192. The van der Waals surface area contributed by atoms with E-state index in [1.54, 1.807) is 11.0 Å². The van der Waals surface area contributed by atoms with Crippen molar-refractivity contribution in [3.05, 3.63) is 108 Å². The molecule has 1 fully saturated rings. The number of nitrogens with zero attached hydrogens (tertiary/aromatic N) is 6. The van der Waals surface area contributed by atoms with E-state index in [0.717, 1.165) is 42.1 Å². The van der Waals surface area contributed by atoms with E-state index in [4.69, 9.17) is 4.98 Å². The van der Waals surface area contributed by atoms with E-state index in [0.29, 0.717) is 42.9 Å². The van der Waals surface area contributed by atoms with Gasteiger partial charge in [-0.1, -0.05) is 42.5 Å². The van der Waals surface area contributed by atoms with Crippen LogP contribution in [0.25, 0.3) is 0 Å². The van der Waals surface area contributed by atoms with Crippen LogP contribution in [-0.4, -0.2) is 86.5 Å². The molecule has 2 amide bonds. The van der Waals surface area contributed by atoms with E-state index in [1.807, 2.05) is 97.8 Å². The Kier molecular flexibility index (Phi) is 11.9. The maximum Gasteiger partial charge on any atom is 0.248 e. The summed E-state index contributed by atoms with van der Waals surface area (Å²) in [6.07, 6.45) is 8.93. The summed E-state index contributed by atoms with van der Waals surface area (Å²) in [6, 6.07) is 25.8. The molecule has 2 N–H and O–H groups in total. The van der Waals surface area contributed by atoms with E-state index in [-0.39, 0.29) is 5.91 Å². The predicted molar refractivity (Wildman–Crippen MR) is 196 cm³/mol. The first-order valence-electron chi connectivity index (χ1n) is 16.4. The Hall–Kier alpha value is -5.06. The Morgan fingerprint density at radius 1 is 0.938 bits per heavy atom. The minimum absolute atomic E-state index is 0.192. The molecule has 0 spiro atoms. The second-order valence-corrected chi connectivity index (χ2v) is 12.5. The molecule has 10 nitrogen and oxygen atoms in total. The van der Waals surface area contributed by atoms with Gasteiger partial charge in [0.2, 0.25) is 18.3 Å². The number of likely N-dealkylation sites (tertiary alicyclic amines) is 1. The van der Waals surface area contributed by atoms with Gasteiger partial charge in [-0.3, -0.25) is 9.59 Å². The average Bonchev–Trinajstić information content (AvgIpc) is 3.10. The maximum atomic E-state index is 12.5. The van der Waals surface area contributed by atoms with Gasteiger partial charge in [0.25, 0.3) is 0 Å². The SMILES string of the molecule is CN(C)C/C=C/C(=O)Nc1cccc(N(C)c2nc(Nc3ccc(C4CCN(C)CC4)cc3)ncc2CCN(C=O)c2ccccc2)c1. The number of aromatic nitrogens is 2. The molecular weight excluding hydrogens is 600 g/mol. The highest BCUT2D eigenvalue weighted by Crippen LogP contribution is 2.31. The highest BCUT2D eigenvalue weighted by molar-refractivity contribution is 5.99. The van der Waals surface area contributed by atoms with Gasteiger partial charge >= 0.3 is 0 Å². The quantitative estimate of drug-likeness (QED) is 0.126. The number of benzene rings is 3. The van der Waals surface area contributed by atoms with Crippen LogP contribution in [0.1, 0.15) is 29.9 Å². The van der Waals surface area contributed by atoms with Gasteiger partial charge in [-0.2, -0.15) is 4.98 Å². The van der Waals surface area contributed by atoms with Gasteiger partial charge in [-0.15, -0.1) is 0 Å².